The van der Waals surface area contributed by atoms with Gasteiger partial charge >= 0.3 is 5.97 Å². The molecule has 0 bridgehead atoms. The first-order valence-corrected chi connectivity index (χ1v) is 7.18. The normalized spacial score (nSPS) is 29.6. The van der Waals surface area contributed by atoms with Crippen molar-refractivity contribution in [2.45, 2.75) is 26.4 Å². The summed E-state index contributed by atoms with van der Waals surface area (Å²) in [4.78, 5) is 11.1. The van der Waals surface area contributed by atoms with Crippen LogP contribution in [0.4, 0.5) is 0 Å². The number of carbonyl (C=O) groups is 1. The highest BCUT2D eigenvalue weighted by atomic mass is 32.2. The Kier molecular flexibility index (Phi) is 3.96. The van der Waals surface area contributed by atoms with Crippen molar-refractivity contribution in [3.63, 3.8) is 0 Å². The maximum Gasteiger partial charge on any atom is 0.307 e. The Hall–Kier alpha value is -0.620. The second-order valence-electron chi connectivity index (χ2n) is 4.63. The van der Waals surface area contributed by atoms with Gasteiger partial charge in [-0.15, -0.1) is 0 Å². The first kappa shape index (κ1) is 13.4. The third-order valence-corrected chi connectivity index (χ3v) is 5.18. The molecule has 4 unspecified atom stereocenters. The standard InChI is InChI=1S/C10H18O5S/c1-6(7(2)11)9(10(12)13)8-3-4-16(14,15)5-8/h6-9,11H,3-5H2,1-2H3,(H,12,13). The van der Waals surface area contributed by atoms with Crippen LogP contribution >= 0.6 is 0 Å². The van der Waals surface area contributed by atoms with Crippen molar-refractivity contribution < 1.29 is 23.4 Å². The lowest BCUT2D eigenvalue weighted by atomic mass is 9.80. The number of sulfone groups is 1. The Labute approximate surface area is 95.4 Å². The van der Waals surface area contributed by atoms with E-state index in [1.165, 1.54) is 6.92 Å². The minimum atomic E-state index is -3.08. The summed E-state index contributed by atoms with van der Waals surface area (Å²) in [6.45, 7) is 3.18. The molecular weight excluding hydrogens is 232 g/mol. The lowest BCUT2D eigenvalue weighted by Gasteiger charge is -2.26. The summed E-state index contributed by atoms with van der Waals surface area (Å²) in [5.41, 5.74) is 0. The smallest absolute Gasteiger partial charge is 0.307 e. The number of hydrogen-bond donors (Lipinski definition) is 2. The molecule has 1 fully saturated rings. The van der Waals surface area contributed by atoms with Crippen molar-refractivity contribution >= 4 is 15.8 Å². The van der Waals surface area contributed by atoms with E-state index in [0.29, 0.717) is 6.42 Å². The molecule has 0 radical (unpaired) electrons. The average Bonchev–Trinajstić information content (AvgIpc) is 2.45. The van der Waals surface area contributed by atoms with Crippen LogP contribution in [0, 0.1) is 17.8 Å². The molecule has 0 amide bonds. The molecule has 0 aliphatic carbocycles. The number of aliphatic carboxylic acids is 1. The Morgan fingerprint density at radius 1 is 1.38 bits per heavy atom. The summed E-state index contributed by atoms with van der Waals surface area (Å²) < 4.78 is 22.6. The molecule has 1 aliphatic rings. The van der Waals surface area contributed by atoms with Crippen molar-refractivity contribution in [1.29, 1.82) is 0 Å². The topological polar surface area (TPSA) is 91.7 Å². The molecule has 2 N–H and O–H groups in total. The van der Waals surface area contributed by atoms with Crippen molar-refractivity contribution in [3.8, 4) is 0 Å². The van der Waals surface area contributed by atoms with Gasteiger partial charge in [0.2, 0.25) is 0 Å². The van der Waals surface area contributed by atoms with Crippen molar-refractivity contribution in [2.75, 3.05) is 11.5 Å². The van der Waals surface area contributed by atoms with E-state index < -0.39 is 33.7 Å². The first-order valence-electron chi connectivity index (χ1n) is 5.36. The lowest BCUT2D eigenvalue weighted by Crippen LogP contribution is -2.35. The monoisotopic (exact) mass is 250 g/mol. The first-order chi connectivity index (χ1) is 7.24. The maximum atomic E-state index is 11.3. The predicted octanol–water partition coefficient (Wildman–Crippen LogP) is 0.139. The molecule has 1 heterocycles. The molecular formula is C10H18O5S. The Morgan fingerprint density at radius 2 is 1.94 bits per heavy atom. The van der Waals surface area contributed by atoms with E-state index in [0.717, 1.165) is 0 Å². The van der Waals surface area contributed by atoms with Crippen LogP contribution in [0.5, 0.6) is 0 Å². The van der Waals surface area contributed by atoms with Crippen LogP contribution in [0.3, 0.4) is 0 Å². The Bertz CT molecular complexity index is 359. The van der Waals surface area contributed by atoms with Gasteiger partial charge in [0.05, 0.1) is 23.5 Å². The van der Waals surface area contributed by atoms with Crippen molar-refractivity contribution in [2.24, 2.45) is 17.8 Å². The van der Waals surface area contributed by atoms with E-state index >= 15 is 0 Å². The van der Waals surface area contributed by atoms with E-state index in [9.17, 15) is 18.3 Å². The van der Waals surface area contributed by atoms with Gasteiger partial charge in [0.15, 0.2) is 9.84 Å². The maximum absolute atomic E-state index is 11.3. The molecule has 6 heteroatoms. The van der Waals surface area contributed by atoms with Crippen LogP contribution in [0.15, 0.2) is 0 Å². The summed E-state index contributed by atoms with van der Waals surface area (Å²) >= 11 is 0. The molecule has 0 spiro atoms. The van der Waals surface area contributed by atoms with Gasteiger partial charge in [-0.25, -0.2) is 8.42 Å². The van der Waals surface area contributed by atoms with Crippen molar-refractivity contribution in [3.05, 3.63) is 0 Å². The zero-order chi connectivity index (χ0) is 12.5. The van der Waals surface area contributed by atoms with E-state index in [2.05, 4.69) is 0 Å². The predicted molar refractivity (Wildman–Crippen MR) is 58.7 cm³/mol. The summed E-state index contributed by atoms with van der Waals surface area (Å²) in [7, 11) is -3.08. The van der Waals surface area contributed by atoms with Gasteiger partial charge in [0.1, 0.15) is 0 Å². The minimum Gasteiger partial charge on any atom is -0.481 e. The van der Waals surface area contributed by atoms with Gasteiger partial charge in [-0.2, -0.15) is 0 Å². The highest BCUT2D eigenvalue weighted by molar-refractivity contribution is 7.91. The minimum absolute atomic E-state index is 0.0635. The largest absolute Gasteiger partial charge is 0.481 e. The average molecular weight is 250 g/mol. The van der Waals surface area contributed by atoms with Gasteiger partial charge in [0, 0.05) is 0 Å². The molecule has 16 heavy (non-hydrogen) atoms. The van der Waals surface area contributed by atoms with Crippen molar-refractivity contribution in [1.82, 2.24) is 0 Å². The van der Waals surface area contributed by atoms with E-state index in [-0.39, 0.29) is 17.4 Å². The number of rotatable bonds is 4. The summed E-state index contributed by atoms with van der Waals surface area (Å²) in [5.74, 6) is -2.61. The fourth-order valence-corrected chi connectivity index (χ4v) is 4.12. The zero-order valence-corrected chi connectivity index (χ0v) is 10.3. The number of carboxylic acid groups (broad SMARTS) is 1. The van der Waals surface area contributed by atoms with Gasteiger partial charge in [0.25, 0.3) is 0 Å². The number of aliphatic hydroxyl groups excluding tert-OH is 1. The summed E-state index contributed by atoms with van der Waals surface area (Å²) in [6.07, 6.45) is -0.361. The molecule has 4 atom stereocenters. The summed E-state index contributed by atoms with van der Waals surface area (Å²) in [6, 6.07) is 0. The lowest BCUT2D eigenvalue weighted by molar-refractivity contribution is -0.147. The fraction of sp³-hybridized carbons (Fsp3) is 0.900. The van der Waals surface area contributed by atoms with Crippen LogP contribution < -0.4 is 0 Å². The highest BCUT2D eigenvalue weighted by Crippen LogP contribution is 2.32. The quantitative estimate of drug-likeness (QED) is 0.740. The Morgan fingerprint density at radius 3 is 2.25 bits per heavy atom. The SMILES string of the molecule is CC(O)C(C)C(C(=O)O)C1CCS(=O)(=O)C1. The van der Waals surface area contributed by atoms with Gasteiger partial charge < -0.3 is 10.2 Å². The molecule has 0 saturated carbocycles. The van der Waals surface area contributed by atoms with Gasteiger partial charge in [-0.1, -0.05) is 6.92 Å². The van der Waals surface area contributed by atoms with Crippen LogP contribution in [-0.4, -0.2) is 42.2 Å². The molecule has 0 aromatic rings. The van der Waals surface area contributed by atoms with E-state index in [1.54, 1.807) is 6.92 Å². The van der Waals surface area contributed by atoms with E-state index in [4.69, 9.17) is 5.11 Å². The highest BCUT2D eigenvalue weighted by Gasteiger charge is 2.41. The second kappa shape index (κ2) is 4.71. The molecule has 0 aromatic carbocycles. The van der Waals surface area contributed by atoms with Gasteiger partial charge in [-0.3, -0.25) is 4.79 Å². The number of hydrogen-bond acceptors (Lipinski definition) is 4. The molecule has 1 aliphatic heterocycles. The second-order valence-corrected chi connectivity index (χ2v) is 6.86. The number of carboxylic acids is 1. The molecule has 5 nitrogen and oxygen atoms in total. The van der Waals surface area contributed by atoms with Crippen LogP contribution in [-0.2, 0) is 14.6 Å². The van der Waals surface area contributed by atoms with Gasteiger partial charge in [-0.05, 0) is 25.2 Å². The molecule has 1 rings (SSSR count). The Balaban J connectivity index is 2.84. The fourth-order valence-electron chi connectivity index (χ4n) is 2.26. The third-order valence-electron chi connectivity index (χ3n) is 3.39. The summed E-state index contributed by atoms with van der Waals surface area (Å²) in [5, 5.41) is 18.5. The van der Waals surface area contributed by atoms with Crippen LogP contribution in [0.2, 0.25) is 0 Å². The zero-order valence-electron chi connectivity index (χ0n) is 9.46. The van der Waals surface area contributed by atoms with Crippen LogP contribution in [0.25, 0.3) is 0 Å². The molecule has 0 aromatic heterocycles. The number of aliphatic hydroxyl groups is 1. The molecule has 94 valence electrons. The van der Waals surface area contributed by atoms with Crippen LogP contribution in [0.1, 0.15) is 20.3 Å². The third kappa shape index (κ3) is 2.95. The molecule has 1 saturated heterocycles. The van der Waals surface area contributed by atoms with E-state index in [1.807, 2.05) is 0 Å².